The van der Waals surface area contributed by atoms with E-state index in [1.54, 1.807) is 31.4 Å². The number of nitrogens with one attached hydrogen (secondary N) is 1. The third-order valence-electron chi connectivity index (χ3n) is 3.74. The second kappa shape index (κ2) is 6.63. The number of methoxy groups -OCH3 is 1. The maximum atomic E-state index is 11.6. The van der Waals surface area contributed by atoms with Gasteiger partial charge in [0.25, 0.3) is 0 Å². The van der Waals surface area contributed by atoms with Crippen LogP contribution in [0.25, 0.3) is 0 Å². The number of rotatable bonds is 7. The topological polar surface area (TPSA) is 58.6 Å². The Bertz CT molecular complexity index is 386. The van der Waals surface area contributed by atoms with Crippen molar-refractivity contribution in [3.8, 4) is 0 Å². The molecule has 0 fully saturated rings. The highest BCUT2D eigenvalue weighted by atomic mass is 32.2. The molecule has 110 valence electrons. The molecule has 0 spiro atoms. The van der Waals surface area contributed by atoms with E-state index in [0.717, 1.165) is 12.8 Å². The zero-order chi connectivity index (χ0) is 14.6. The zero-order valence-electron chi connectivity index (χ0n) is 12.3. The monoisotopic (exact) mass is 288 g/mol. The highest BCUT2D eigenvalue weighted by molar-refractivity contribution is 7.82. The summed E-state index contributed by atoms with van der Waals surface area (Å²) in [6, 6.07) is -0.358. The lowest BCUT2D eigenvalue weighted by Gasteiger charge is -2.41. The molecule has 1 rings (SSSR count). The average molecular weight is 288 g/mol. The van der Waals surface area contributed by atoms with Crippen LogP contribution in [0.15, 0.2) is 12.2 Å². The van der Waals surface area contributed by atoms with E-state index in [1.807, 2.05) is 13.0 Å². The van der Waals surface area contributed by atoms with Crippen molar-refractivity contribution in [1.29, 1.82) is 0 Å². The van der Waals surface area contributed by atoms with Gasteiger partial charge in [0.1, 0.15) is 0 Å². The van der Waals surface area contributed by atoms with Gasteiger partial charge in [-0.05, 0) is 13.3 Å². The molecule has 1 aliphatic heterocycles. The molecule has 6 heteroatoms. The second-order valence-corrected chi connectivity index (χ2v) is 6.26. The molecule has 0 aromatic carbocycles. The van der Waals surface area contributed by atoms with E-state index < -0.39 is 16.6 Å². The standard InChI is InChI=1S/C13H24N2O3S/c1-6-9-13(2,18-4)12(14-19(5)17)10-7-8-11(16)15(10)3/h7-8,10,12,14H,6,9H2,1-5H3. The molecule has 19 heavy (non-hydrogen) atoms. The molecule has 0 radical (unpaired) electrons. The Labute approximate surface area is 118 Å². The van der Waals surface area contributed by atoms with Gasteiger partial charge in [0, 0.05) is 26.5 Å². The van der Waals surface area contributed by atoms with Crippen molar-refractivity contribution in [3.63, 3.8) is 0 Å². The molecule has 4 unspecified atom stereocenters. The number of carbonyl (C=O) groups is 1. The molecule has 0 saturated carbocycles. The highest BCUT2D eigenvalue weighted by Crippen LogP contribution is 2.28. The number of amides is 1. The van der Waals surface area contributed by atoms with Gasteiger partial charge in [0.2, 0.25) is 5.91 Å². The molecule has 0 aromatic heterocycles. The van der Waals surface area contributed by atoms with E-state index in [1.165, 1.54) is 0 Å². The van der Waals surface area contributed by atoms with Crippen LogP contribution in [0.2, 0.25) is 0 Å². The summed E-state index contributed by atoms with van der Waals surface area (Å²) in [5.41, 5.74) is -0.478. The Morgan fingerprint density at radius 2 is 2.26 bits per heavy atom. The fourth-order valence-corrected chi connectivity index (χ4v) is 3.27. The van der Waals surface area contributed by atoms with Gasteiger partial charge in [-0.1, -0.05) is 19.4 Å². The van der Waals surface area contributed by atoms with E-state index in [9.17, 15) is 9.00 Å². The summed E-state index contributed by atoms with van der Waals surface area (Å²) in [6.45, 7) is 4.07. The maximum Gasteiger partial charge on any atom is 0.246 e. The lowest BCUT2D eigenvalue weighted by Crippen LogP contribution is -2.59. The molecule has 1 aliphatic rings. The minimum atomic E-state index is -1.17. The van der Waals surface area contributed by atoms with Crippen LogP contribution >= 0.6 is 0 Å². The smallest absolute Gasteiger partial charge is 0.246 e. The Balaban J connectivity index is 3.03. The molecule has 0 aliphatic carbocycles. The van der Waals surface area contributed by atoms with Gasteiger partial charge in [-0.15, -0.1) is 0 Å². The summed E-state index contributed by atoms with van der Waals surface area (Å²) >= 11 is 0. The predicted octanol–water partition coefficient (Wildman–Crippen LogP) is 0.840. The molecule has 1 N–H and O–H groups in total. The van der Waals surface area contributed by atoms with Crippen LogP contribution in [-0.2, 0) is 20.5 Å². The minimum Gasteiger partial charge on any atom is -0.377 e. The van der Waals surface area contributed by atoms with Crippen molar-refractivity contribution < 1.29 is 13.7 Å². The first-order valence-corrected chi connectivity index (χ1v) is 8.01. The maximum absolute atomic E-state index is 11.6. The van der Waals surface area contributed by atoms with Gasteiger partial charge in [0.05, 0.1) is 28.7 Å². The second-order valence-electron chi connectivity index (χ2n) is 5.12. The van der Waals surface area contributed by atoms with Crippen LogP contribution in [0.1, 0.15) is 26.7 Å². The molecule has 0 bridgehead atoms. The van der Waals surface area contributed by atoms with Crippen LogP contribution in [0.5, 0.6) is 0 Å². The number of hydrogen-bond acceptors (Lipinski definition) is 3. The predicted molar refractivity (Wildman–Crippen MR) is 77.0 cm³/mol. The van der Waals surface area contributed by atoms with Crippen molar-refractivity contribution in [3.05, 3.63) is 12.2 Å². The number of likely N-dealkylation sites (N-methyl/N-ethyl adjacent to an activating group) is 1. The fourth-order valence-electron chi connectivity index (χ4n) is 2.52. The Morgan fingerprint density at radius 1 is 1.63 bits per heavy atom. The van der Waals surface area contributed by atoms with E-state index in [2.05, 4.69) is 11.6 Å². The van der Waals surface area contributed by atoms with Crippen LogP contribution in [0, 0.1) is 0 Å². The summed E-state index contributed by atoms with van der Waals surface area (Å²) in [7, 11) is 2.24. The summed E-state index contributed by atoms with van der Waals surface area (Å²) < 4.78 is 20.3. The van der Waals surface area contributed by atoms with Gasteiger partial charge >= 0.3 is 0 Å². The number of ether oxygens (including phenoxy) is 1. The Hall–Kier alpha value is -0.720. The van der Waals surface area contributed by atoms with Gasteiger partial charge in [-0.2, -0.15) is 0 Å². The first-order valence-electron chi connectivity index (χ1n) is 6.45. The van der Waals surface area contributed by atoms with E-state index >= 15 is 0 Å². The van der Waals surface area contributed by atoms with E-state index in [-0.39, 0.29) is 18.0 Å². The molecule has 1 heterocycles. The molecule has 1 amide bonds. The van der Waals surface area contributed by atoms with E-state index in [0.29, 0.717) is 0 Å². The first kappa shape index (κ1) is 16.3. The summed E-state index contributed by atoms with van der Waals surface area (Å²) in [6.07, 6.45) is 6.77. The molecule has 4 atom stereocenters. The minimum absolute atomic E-state index is 0.0337. The zero-order valence-corrected chi connectivity index (χ0v) is 13.1. The van der Waals surface area contributed by atoms with Crippen LogP contribution in [-0.4, -0.2) is 53.1 Å². The largest absolute Gasteiger partial charge is 0.377 e. The van der Waals surface area contributed by atoms with Crippen molar-refractivity contribution in [2.45, 2.75) is 44.4 Å². The van der Waals surface area contributed by atoms with Gasteiger partial charge in [-0.3, -0.25) is 4.79 Å². The van der Waals surface area contributed by atoms with Gasteiger partial charge in [0.15, 0.2) is 0 Å². The first-order chi connectivity index (χ1) is 8.85. The third kappa shape index (κ3) is 3.64. The Morgan fingerprint density at radius 3 is 2.63 bits per heavy atom. The van der Waals surface area contributed by atoms with Crippen molar-refractivity contribution >= 4 is 16.9 Å². The molecule has 0 saturated heterocycles. The lowest BCUT2D eigenvalue weighted by molar-refractivity contribution is -0.126. The summed E-state index contributed by atoms with van der Waals surface area (Å²) in [5, 5.41) is 0. The molecular weight excluding hydrogens is 264 g/mol. The fraction of sp³-hybridized carbons (Fsp3) is 0.769. The summed E-state index contributed by atoms with van der Waals surface area (Å²) in [4.78, 5) is 13.3. The number of hydrogen-bond donors (Lipinski definition) is 1. The van der Waals surface area contributed by atoms with Crippen LogP contribution in [0.4, 0.5) is 0 Å². The van der Waals surface area contributed by atoms with Crippen LogP contribution in [0.3, 0.4) is 0 Å². The van der Waals surface area contributed by atoms with Crippen molar-refractivity contribution in [2.24, 2.45) is 0 Å². The van der Waals surface area contributed by atoms with Crippen molar-refractivity contribution in [1.82, 2.24) is 9.62 Å². The van der Waals surface area contributed by atoms with Gasteiger partial charge < -0.3 is 9.64 Å². The number of carbonyl (C=O) groups excluding carboxylic acids is 1. The highest BCUT2D eigenvalue weighted by Gasteiger charge is 2.42. The molecular formula is C13H24N2O3S. The number of nitrogens with zero attached hydrogens (tertiary/aromatic N) is 1. The SMILES string of the molecule is CCCC(C)(OC)C(NS(C)=O)C1C=CC(=O)N1C. The molecule has 5 nitrogen and oxygen atoms in total. The van der Waals surface area contributed by atoms with Gasteiger partial charge in [-0.25, -0.2) is 8.93 Å². The quantitative estimate of drug-likeness (QED) is 0.755. The lowest BCUT2D eigenvalue weighted by atomic mass is 9.86. The molecule has 0 aromatic rings. The Kier molecular flexibility index (Phi) is 5.70. The normalized spacial score (nSPS) is 25.4. The average Bonchev–Trinajstić information content (AvgIpc) is 2.67. The van der Waals surface area contributed by atoms with Crippen LogP contribution < -0.4 is 4.72 Å². The third-order valence-corrected chi connectivity index (χ3v) is 4.32. The summed E-state index contributed by atoms with van der Waals surface area (Å²) in [5.74, 6) is -0.0337. The van der Waals surface area contributed by atoms with Crippen molar-refractivity contribution in [2.75, 3.05) is 20.4 Å². The van der Waals surface area contributed by atoms with E-state index in [4.69, 9.17) is 4.74 Å².